The van der Waals surface area contributed by atoms with E-state index in [-0.39, 0.29) is 12.0 Å². The summed E-state index contributed by atoms with van der Waals surface area (Å²) in [7, 11) is 1.73. The molecule has 16 heavy (non-hydrogen) atoms. The molecule has 0 spiro atoms. The number of pyridine rings is 1. The van der Waals surface area contributed by atoms with Crippen LogP contribution >= 0.6 is 12.2 Å². The molecule has 1 heterocycles. The van der Waals surface area contributed by atoms with Gasteiger partial charge in [0.2, 0.25) is 0 Å². The van der Waals surface area contributed by atoms with E-state index in [2.05, 4.69) is 11.1 Å². The van der Waals surface area contributed by atoms with Crippen molar-refractivity contribution in [1.29, 1.82) is 0 Å². The van der Waals surface area contributed by atoms with Crippen LogP contribution in [0.3, 0.4) is 0 Å². The van der Waals surface area contributed by atoms with Crippen molar-refractivity contribution in [3.8, 4) is 0 Å². The molecule has 1 aliphatic rings. The summed E-state index contributed by atoms with van der Waals surface area (Å²) in [5.41, 5.74) is 9.04. The van der Waals surface area contributed by atoms with Crippen molar-refractivity contribution in [2.45, 2.75) is 31.8 Å². The molecule has 3 nitrogen and oxygen atoms in total. The van der Waals surface area contributed by atoms with E-state index in [4.69, 9.17) is 22.7 Å². The first kappa shape index (κ1) is 11.5. The van der Waals surface area contributed by atoms with Crippen LogP contribution in [-0.2, 0) is 4.74 Å². The van der Waals surface area contributed by atoms with Gasteiger partial charge in [0.05, 0.1) is 22.7 Å². The number of hydrogen-bond donors (Lipinski definition) is 1. The molecule has 0 bridgehead atoms. The molecule has 0 radical (unpaired) electrons. The molecule has 2 N–H and O–H groups in total. The third-order valence-corrected chi connectivity index (χ3v) is 3.39. The van der Waals surface area contributed by atoms with Gasteiger partial charge in [0.25, 0.3) is 0 Å². The number of aromatic nitrogens is 1. The molecular formula is C12H16N2OS. The molecule has 0 fully saturated rings. The van der Waals surface area contributed by atoms with Gasteiger partial charge in [-0.15, -0.1) is 0 Å². The van der Waals surface area contributed by atoms with Crippen LogP contribution in [0.25, 0.3) is 0 Å². The number of rotatable bonds is 2. The van der Waals surface area contributed by atoms with Gasteiger partial charge >= 0.3 is 0 Å². The minimum Gasteiger partial charge on any atom is -0.393 e. The van der Waals surface area contributed by atoms with E-state index in [1.807, 2.05) is 13.1 Å². The van der Waals surface area contributed by atoms with Crippen LogP contribution in [0, 0.1) is 6.92 Å². The Bertz CT molecular complexity index is 419. The van der Waals surface area contributed by atoms with Crippen LogP contribution in [0.5, 0.6) is 0 Å². The molecule has 86 valence electrons. The van der Waals surface area contributed by atoms with Crippen LogP contribution in [0.4, 0.5) is 0 Å². The van der Waals surface area contributed by atoms with Crippen LogP contribution < -0.4 is 5.73 Å². The molecule has 1 aliphatic carbocycles. The van der Waals surface area contributed by atoms with E-state index in [0.29, 0.717) is 4.99 Å². The second-order valence-corrected chi connectivity index (χ2v) is 4.72. The summed E-state index contributed by atoms with van der Waals surface area (Å²) in [6.07, 6.45) is 3.88. The van der Waals surface area contributed by atoms with Crippen LogP contribution in [-0.4, -0.2) is 17.1 Å². The van der Waals surface area contributed by atoms with Gasteiger partial charge in [-0.25, -0.2) is 0 Å². The SMILES string of the molecule is COC1CCC(C(N)=S)c2ncc(C)cc21. The Hall–Kier alpha value is -1.00. The van der Waals surface area contributed by atoms with E-state index in [9.17, 15) is 0 Å². The first-order chi connectivity index (χ1) is 7.63. The highest BCUT2D eigenvalue weighted by Gasteiger charge is 2.29. The van der Waals surface area contributed by atoms with Crippen molar-refractivity contribution in [3.63, 3.8) is 0 Å². The maximum Gasteiger partial charge on any atom is 0.0839 e. The average Bonchev–Trinajstić information content (AvgIpc) is 2.27. The monoisotopic (exact) mass is 236 g/mol. The Balaban J connectivity index is 2.48. The van der Waals surface area contributed by atoms with Crippen molar-refractivity contribution < 1.29 is 4.74 Å². The highest BCUT2D eigenvalue weighted by molar-refractivity contribution is 7.80. The number of nitrogens with two attached hydrogens (primary N) is 1. The molecule has 0 saturated carbocycles. The molecule has 1 aromatic heterocycles. The third-order valence-electron chi connectivity index (χ3n) is 3.11. The number of hydrogen-bond acceptors (Lipinski definition) is 3. The first-order valence-electron chi connectivity index (χ1n) is 5.42. The molecule has 0 amide bonds. The van der Waals surface area contributed by atoms with E-state index < -0.39 is 0 Å². The number of methoxy groups -OCH3 is 1. The van der Waals surface area contributed by atoms with Gasteiger partial charge in [-0.05, 0) is 25.3 Å². The third kappa shape index (κ3) is 1.95. The Morgan fingerprint density at radius 3 is 2.94 bits per heavy atom. The standard InChI is InChI=1S/C12H16N2OS/c1-7-5-9-10(15-2)4-3-8(12(13)16)11(9)14-6-7/h5-6,8,10H,3-4H2,1-2H3,(H2,13,16). The summed E-state index contributed by atoms with van der Waals surface area (Å²) in [5, 5.41) is 0. The number of fused-ring (bicyclic) bond motifs is 1. The fourth-order valence-electron chi connectivity index (χ4n) is 2.28. The second kappa shape index (κ2) is 4.47. The van der Waals surface area contributed by atoms with Crippen molar-refractivity contribution in [1.82, 2.24) is 4.98 Å². The van der Waals surface area contributed by atoms with Crippen LogP contribution in [0.2, 0.25) is 0 Å². The Labute approximate surface area is 101 Å². The lowest BCUT2D eigenvalue weighted by atomic mass is 9.84. The summed E-state index contributed by atoms with van der Waals surface area (Å²) in [6.45, 7) is 2.03. The van der Waals surface area contributed by atoms with Gasteiger partial charge in [0, 0.05) is 18.9 Å². The summed E-state index contributed by atoms with van der Waals surface area (Å²) < 4.78 is 5.48. The molecular weight excluding hydrogens is 220 g/mol. The smallest absolute Gasteiger partial charge is 0.0839 e. The first-order valence-corrected chi connectivity index (χ1v) is 5.83. The number of thiocarbonyl (C=S) groups is 1. The zero-order valence-electron chi connectivity index (χ0n) is 9.56. The van der Waals surface area contributed by atoms with Gasteiger partial charge < -0.3 is 10.5 Å². The molecule has 1 aromatic rings. The molecule has 0 aliphatic heterocycles. The number of aryl methyl sites for hydroxylation is 1. The molecule has 2 rings (SSSR count). The maximum absolute atomic E-state index is 5.76. The van der Waals surface area contributed by atoms with E-state index in [1.54, 1.807) is 7.11 Å². The largest absolute Gasteiger partial charge is 0.393 e. The Morgan fingerprint density at radius 1 is 1.56 bits per heavy atom. The van der Waals surface area contributed by atoms with Crippen molar-refractivity contribution >= 4 is 17.2 Å². The lowest BCUT2D eigenvalue weighted by Gasteiger charge is -2.29. The molecule has 4 heteroatoms. The lowest BCUT2D eigenvalue weighted by molar-refractivity contribution is 0.0861. The fraction of sp³-hybridized carbons (Fsp3) is 0.500. The van der Waals surface area contributed by atoms with Crippen LogP contribution in [0.15, 0.2) is 12.3 Å². The highest BCUT2D eigenvalue weighted by atomic mass is 32.1. The van der Waals surface area contributed by atoms with E-state index in [1.165, 1.54) is 0 Å². The Morgan fingerprint density at radius 2 is 2.31 bits per heavy atom. The lowest BCUT2D eigenvalue weighted by Crippen LogP contribution is -2.26. The minimum atomic E-state index is 0.108. The quantitative estimate of drug-likeness (QED) is 0.800. The second-order valence-electron chi connectivity index (χ2n) is 4.24. The maximum atomic E-state index is 5.76. The van der Waals surface area contributed by atoms with Gasteiger partial charge in [0.1, 0.15) is 0 Å². The molecule has 0 saturated heterocycles. The zero-order chi connectivity index (χ0) is 11.7. The summed E-state index contributed by atoms with van der Waals surface area (Å²) in [4.78, 5) is 5.01. The summed E-state index contributed by atoms with van der Waals surface area (Å²) >= 11 is 5.10. The molecule has 0 aromatic carbocycles. The Kier molecular flexibility index (Phi) is 3.21. The number of nitrogens with zero attached hydrogens (tertiary/aromatic N) is 1. The predicted molar refractivity (Wildman–Crippen MR) is 67.5 cm³/mol. The predicted octanol–water partition coefficient (Wildman–Crippen LogP) is 2.24. The van der Waals surface area contributed by atoms with Crippen molar-refractivity contribution in [2.24, 2.45) is 5.73 Å². The zero-order valence-corrected chi connectivity index (χ0v) is 10.4. The number of ether oxygens (including phenoxy) is 1. The van der Waals surface area contributed by atoms with E-state index in [0.717, 1.165) is 29.7 Å². The summed E-state index contributed by atoms with van der Waals surface area (Å²) in [6, 6.07) is 2.13. The molecule has 2 unspecified atom stereocenters. The van der Waals surface area contributed by atoms with Crippen LogP contribution in [0.1, 0.15) is 41.7 Å². The van der Waals surface area contributed by atoms with E-state index >= 15 is 0 Å². The van der Waals surface area contributed by atoms with Crippen molar-refractivity contribution in [2.75, 3.05) is 7.11 Å². The van der Waals surface area contributed by atoms with Gasteiger partial charge in [-0.3, -0.25) is 4.98 Å². The van der Waals surface area contributed by atoms with Gasteiger partial charge in [-0.2, -0.15) is 0 Å². The normalized spacial score (nSPS) is 23.9. The van der Waals surface area contributed by atoms with Crippen molar-refractivity contribution in [3.05, 3.63) is 29.1 Å². The van der Waals surface area contributed by atoms with Gasteiger partial charge in [-0.1, -0.05) is 18.3 Å². The van der Waals surface area contributed by atoms with Gasteiger partial charge in [0.15, 0.2) is 0 Å². The molecule has 2 atom stereocenters. The summed E-state index contributed by atoms with van der Waals surface area (Å²) in [5.74, 6) is 0.108. The topological polar surface area (TPSA) is 48.1 Å². The minimum absolute atomic E-state index is 0.108. The highest BCUT2D eigenvalue weighted by Crippen LogP contribution is 2.38. The average molecular weight is 236 g/mol. The fourth-order valence-corrected chi connectivity index (χ4v) is 2.51.